The quantitative estimate of drug-likeness (QED) is 0.799. The maximum atomic E-state index is 6.29. The summed E-state index contributed by atoms with van der Waals surface area (Å²) in [7, 11) is 0. The molecule has 1 saturated carbocycles. The number of aromatic nitrogens is 1. The first kappa shape index (κ1) is 15.6. The number of ether oxygens (including phenoxy) is 1. The molecule has 0 amide bonds. The van der Waals surface area contributed by atoms with Crippen molar-refractivity contribution < 1.29 is 4.74 Å². The number of nitrogens with one attached hydrogen (secondary N) is 1. The highest BCUT2D eigenvalue weighted by atomic mass is 35.5. The molecular formula is C16H25ClN2O. The van der Waals surface area contributed by atoms with Gasteiger partial charge in [0, 0.05) is 12.7 Å². The highest BCUT2D eigenvalue weighted by Crippen LogP contribution is 2.30. The fourth-order valence-electron chi connectivity index (χ4n) is 2.66. The van der Waals surface area contributed by atoms with Gasteiger partial charge in [0.25, 0.3) is 0 Å². The van der Waals surface area contributed by atoms with Gasteiger partial charge in [0.15, 0.2) is 0 Å². The minimum absolute atomic E-state index is 0.262. The summed E-state index contributed by atoms with van der Waals surface area (Å²) in [5, 5.41) is 3.97. The van der Waals surface area contributed by atoms with Crippen molar-refractivity contribution in [3.63, 3.8) is 0 Å². The van der Waals surface area contributed by atoms with Crippen molar-refractivity contribution in [1.82, 2.24) is 10.3 Å². The summed E-state index contributed by atoms with van der Waals surface area (Å²) < 4.78 is 6.02. The van der Waals surface area contributed by atoms with Crippen LogP contribution in [0.5, 0.6) is 5.88 Å². The Morgan fingerprint density at radius 2 is 2.20 bits per heavy atom. The molecule has 1 aromatic rings. The molecule has 0 spiro atoms. The van der Waals surface area contributed by atoms with Gasteiger partial charge in [0.1, 0.15) is 11.1 Å². The normalized spacial score (nSPS) is 22.8. The van der Waals surface area contributed by atoms with Crippen molar-refractivity contribution in [2.75, 3.05) is 6.54 Å². The third-order valence-electron chi connectivity index (χ3n) is 3.92. The Morgan fingerprint density at radius 1 is 1.40 bits per heavy atom. The van der Waals surface area contributed by atoms with Gasteiger partial charge in [0.2, 0.25) is 5.88 Å². The van der Waals surface area contributed by atoms with Gasteiger partial charge < -0.3 is 10.1 Å². The number of nitrogens with zero attached hydrogens (tertiary/aromatic N) is 1. The number of pyridine rings is 1. The highest BCUT2D eigenvalue weighted by Gasteiger charge is 2.24. The minimum Gasteiger partial charge on any atom is -0.473 e. The minimum atomic E-state index is 0.262. The van der Waals surface area contributed by atoms with Crippen molar-refractivity contribution in [3.05, 3.63) is 22.8 Å². The maximum Gasteiger partial charge on any atom is 0.232 e. The lowest BCUT2D eigenvalue weighted by atomic mass is 9.88. The lowest BCUT2D eigenvalue weighted by Crippen LogP contribution is -2.28. The van der Waals surface area contributed by atoms with Crippen molar-refractivity contribution in [3.8, 4) is 5.88 Å². The van der Waals surface area contributed by atoms with Crippen molar-refractivity contribution in [2.24, 2.45) is 5.92 Å². The van der Waals surface area contributed by atoms with Crippen molar-refractivity contribution in [1.29, 1.82) is 0 Å². The van der Waals surface area contributed by atoms with E-state index in [1.165, 1.54) is 19.3 Å². The molecule has 0 aliphatic heterocycles. The Bertz CT molecular complexity index is 425. The molecule has 1 fully saturated rings. The van der Waals surface area contributed by atoms with E-state index in [4.69, 9.17) is 16.3 Å². The molecule has 1 aliphatic carbocycles. The van der Waals surface area contributed by atoms with E-state index < -0.39 is 0 Å². The van der Waals surface area contributed by atoms with Crippen LogP contribution in [0.2, 0.25) is 5.02 Å². The Labute approximate surface area is 127 Å². The Morgan fingerprint density at radius 3 is 2.90 bits per heavy atom. The van der Waals surface area contributed by atoms with Gasteiger partial charge in [-0.15, -0.1) is 0 Å². The zero-order valence-corrected chi connectivity index (χ0v) is 13.2. The summed E-state index contributed by atoms with van der Waals surface area (Å²) >= 11 is 6.29. The van der Waals surface area contributed by atoms with E-state index in [1.807, 2.05) is 12.3 Å². The first-order valence-electron chi connectivity index (χ1n) is 7.72. The lowest BCUT2D eigenvalue weighted by Gasteiger charge is -2.29. The second-order valence-electron chi connectivity index (χ2n) is 5.73. The van der Waals surface area contributed by atoms with Crippen LogP contribution in [-0.2, 0) is 6.54 Å². The molecule has 4 heteroatoms. The van der Waals surface area contributed by atoms with E-state index >= 15 is 0 Å². The lowest BCUT2D eigenvalue weighted by molar-refractivity contribution is 0.0976. The van der Waals surface area contributed by atoms with E-state index in [1.54, 1.807) is 0 Å². The first-order chi connectivity index (χ1) is 9.70. The van der Waals surface area contributed by atoms with E-state index in [2.05, 4.69) is 24.1 Å². The topological polar surface area (TPSA) is 34.2 Å². The number of hydrogen-bond donors (Lipinski definition) is 1. The summed E-state index contributed by atoms with van der Waals surface area (Å²) in [6.45, 7) is 6.22. The summed E-state index contributed by atoms with van der Waals surface area (Å²) in [5.41, 5.74) is 1.10. The number of hydrogen-bond acceptors (Lipinski definition) is 3. The second-order valence-corrected chi connectivity index (χ2v) is 6.13. The molecule has 2 rings (SSSR count). The fourth-order valence-corrected chi connectivity index (χ4v) is 2.89. The molecule has 0 radical (unpaired) electrons. The summed E-state index contributed by atoms with van der Waals surface area (Å²) in [6.07, 6.45) is 8.15. The van der Waals surface area contributed by atoms with E-state index in [0.717, 1.165) is 31.5 Å². The molecule has 0 bridgehead atoms. The average Bonchev–Trinajstić information content (AvgIpc) is 2.44. The van der Waals surface area contributed by atoms with Crippen molar-refractivity contribution in [2.45, 2.75) is 58.6 Å². The molecule has 3 nitrogen and oxygen atoms in total. The molecule has 0 aromatic carbocycles. The maximum absolute atomic E-state index is 6.29. The van der Waals surface area contributed by atoms with Gasteiger partial charge in [-0.2, -0.15) is 0 Å². The van der Waals surface area contributed by atoms with Gasteiger partial charge in [0.05, 0.1) is 0 Å². The van der Waals surface area contributed by atoms with Crippen LogP contribution < -0.4 is 10.1 Å². The summed E-state index contributed by atoms with van der Waals surface area (Å²) in [6, 6.07) is 1.96. The third-order valence-corrected chi connectivity index (χ3v) is 4.19. The van der Waals surface area contributed by atoms with Crippen LogP contribution in [0.25, 0.3) is 0 Å². The predicted molar refractivity (Wildman–Crippen MR) is 83.3 cm³/mol. The van der Waals surface area contributed by atoms with Gasteiger partial charge in [-0.1, -0.05) is 31.9 Å². The van der Waals surface area contributed by atoms with Crippen LogP contribution in [0.4, 0.5) is 0 Å². The average molecular weight is 297 g/mol. The van der Waals surface area contributed by atoms with Gasteiger partial charge in [-0.25, -0.2) is 4.98 Å². The molecule has 0 saturated heterocycles. The molecule has 2 atom stereocenters. The number of halogens is 1. The van der Waals surface area contributed by atoms with Crippen LogP contribution in [0.3, 0.4) is 0 Å². The van der Waals surface area contributed by atoms with Crippen LogP contribution in [-0.4, -0.2) is 17.6 Å². The van der Waals surface area contributed by atoms with Crippen LogP contribution in [0.15, 0.2) is 12.3 Å². The predicted octanol–water partition coefficient (Wildman–Crippen LogP) is 4.19. The van der Waals surface area contributed by atoms with Gasteiger partial charge in [-0.3, -0.25) is 0 Å². The monoisotopic (exact) mass is 296 g/mol. The van der Waals surface area contributed by atoms with Gasteiger partial charge >= 0.3 is 0 Å². The molecule has 1 heterocycles. The molecular weight excluding hydrogens is 272 g/mol. The second kappa shape index (κ2) is 7.84. The first-order valence-corrected chi connectivity index (χ1v) is 8.10. The molecule has 2 unspecified atom stereocenters. The molecule has 1 N–H and O–H groups in total. The number of rotatable bonds is 6. The largest absolute Gasteiger partial charge is 0.473 e. The van der Waals surface area contributed by atoms with Crippen LogP contribution in [0.1, 0.15) is 51.5 Å². The smallest absolute Gasteiger partial charge is 0.232 e. The molecule has 112 valence electrons. The molecule has 1 aliphatic rings. The standard InChI is InChI=1S/C16H25ClN2O/c1-3-8-18-10-13-9-14(17)16(19-11-13)20-15-7-5-4-6-12(15)2/h9,11-12,15,18H,3-8,10H2,1-2H3. The molecule has 1 aromatic heterocycles. The summed E-state index contributed by atoms with van der Waals surface area (Å²) in [5.74, 6) is 1.18. The van der Waals surface area contributed by atoms with E-state index in [9.17, 15) is 0 Å². The zero-order chi connectivity index (χ0) is 14.4. The van der Waals surface area contributed by atoms with Crippen LogP contribution >= 0.6 is 11.6 Å². The van der Waals surface area contributed by atoms with Crippen LogP contribution in [0, 0.1) is 5.92 Å². The van der Waals surface area contributed by atoms with Gasteiger partial charge in [-0.05, 0) is 49.8 Å². The highest BCUT2D eigenvalue weighted by molar-refractivity contribution is 6.31. The van der Waals surface area contributed by atoms with E-state index in [-0.39, 0.29) is 6.10 Å². The third kappa shape index (κ3) is 4.35. The Balaban J connectivity index is 1.94. The Kier molecular flexibility index (Phi) is 6.11. The van der Waals surface area contributed by atoms with E-state index in [0.29, 0.717) is 16.8 Å². The SMILES string of the molecule is CCCNCc1cnc(OC2CCCCC2C)c(Cl)c1. The summed E-state index contributed by atoms with van der Waals surface area (Å²) in [4.78, 5) is 4.39. The Hall–Kier alpha value is -0.800. The zero-order valence-electron chi connectivity index (χ0n) is 12.5. The fraction of sp³-hybridized carbons (Fsp3) is 0.688. The molecule has 20 heavy (non-hydrogen) atoms. The van der Waals surface area contributed by atoms with Crippen molar-refractivity contribution >= 4 is 11.6 Å².